The van der Waals surface area contributed by atoms with E-state index in [0.717, 1.165) is 48.2 Å². The summed E-state index contributed by atoms with van der Waals surface area (Å²) in [6.45, 7) is 7.37. The van der Waals surface area contributed by atoms with Gasteiger partial charge >= 0.3 is 0 Å². The molecule has 1 aliphatic heterocycles. The highest BCUT2D eigenvalue weighted by Crippen LogP contribution is 2.45. The Morgan fingerprint density at radius 3 is 3.05 bits per heavy atom. The number of methoxy groups -OCH3 is 1. The maximum Gasteiger partial charge on any atom is 0.185 e. The Bertz CT molecular complexity index is 498. The van der Waals surface area contributed by atoms with Crippen LogP contribution in [0.25, 0.3) is 0 Å². The fourth-order valence-corrected chi connectivity index (χ4v) is 4.73. The third-order valence-corrected chi connectivity index (χ3v) is 5.86. The predicted molar refractivity (Wildman–Crippen MR) is 86.0 cm³/mol. The molecule has 0 aromatic carbocycles. The van der Waals surface area contributed by atoms with E-state index in [9.17, 15) is 5.11 Å². The highest BCUT2D eigenvalue weighted by molar-refractivity contribution is 7.15. The van der Waals surface area contributed by atoms with E-state index >= 15 is 0 Å². The summed E-state index contributed by atoms with van der Waals surface area (Å²) in [5.74, 6) is 0.603. The molecule has 2 heterocycles. The molecule has 2 aliphatic rings. The van der Waals surface area contributed by atoms with Crippen LogP contribution in [-0.4, -0.2) is 36.9 Å². The molecule has 2 atom stereocenters. The van der Waals surface area contributed by atoms with Crippen LogP contribution in [0.2, 0.25) is 0 Å². The van der Waals surface area contributed by atoms with Crippen LogP contribution in [0.3, 0.4) is 0 Å². The number of aliphatic hydroxyl groups excluding tert-OH is 1. The quantitative estimate of drug-likeness (QED) is 0.932. The Morgan fingerprint density at radius 1 is 1.48 bits per heavy atom. The zero-order valence-electron chi connectivity index (χ0n) is 13.3. The maximum atomic E-state index is 10.4. The molecule has 1 aromatic heterocycles. The lowest BCUT2D eigenvalue weighted by atomic mass is 9.77. The summed E-state index contributed by atoms with van der Waals surface area (Å²) in [5, 5.41) is 11.5. The number of hydrogen-bond acceptors (Lipinski definition) is 5. The highest BCUT2D eigenvalue weighted by Gasteiger charge is 2.35. The zero-order valence-corrected chi connectivity index (χ0v) is 14.1. The van der Waals surface area contributed by atoms with Crippen molar-refractivity contribution in [3.63, 3.8) is 0 Å². The molecule has 0 radical (unpaired) electrons. The van der Waals surface area contributed by atoms with Crippen molar-refractivity contribution in [2.24, 2.45) is 11.3 Å². The van der Waals surface area contributed by atoms with E-state index < -0.39 is 0 Å². The summed E-state index contributed by atoms with van der Waals surface area (Å²) in [5.41, 5.74) is 1.27. The Hall–Kier alpha value is -0.650. The van der Waals surface area contributed by atoms with E-state index in [0.29, 0.717) is 5.92 Å². The lowest BCUT2D eigenvalue weighted by Gasteiger charge is -2.32. The van der Waals surface area contributed by atoms with Gasteiger partial charge in [-0.3, -0.25) is 0 Å². The average Bonchev–Trinajstić information content (AvgIpc) is 2.82. The van der Waals surface area contributed by atoms with Gasteiger partial charge in [0, 0.05) is 20.2 Å². The first kappa shape index (κ1) is 15.3. The molecule has 0 saturated carbocycles. The van der Waals surface area contributed by atoms with Crippen molar-refractivity contribution in [3.8, 4) is 0 Å². The van der Waals surface area contributed by atoms with E-state index in [-0.39, 0.29) is 11.5 Å². The Kier molecular flexibility index (Phi) is 4.26. The van der Waals surface area contributed by atoms with E-state index in [2.05, 4.69) is 18.7 Å². The molecule has 1 aliphatic carbocycles. The fourth-order valence-electron chi connectivity index (χ4n) is 3.62. The summed E-state index contributed by atoms with van der Waals surface area (Å²) >= 11 is 1.69. The number of rotatable bonds is 3. The monoisotopic (exact) mass is 310 g/mol. The van der Waals surface area contributed by atoms with Crippen molar-refractivity contribution in [1.29, 1.82) is 0 Å². The fraction of sp³-hybridized carbons (Fsp3) is 0.812. The van der Waals surface area contributed by atoms with Crippen molar-refractivity contribution in [2.75, 3.05) is 31.7 Å². The zero-order chi connectivity index (χ0) is 15.0. The number of nitrogens with zero attached hydrogens (tertiary/aromatic N) is 2. The minimum atomic E-state index is -0.338. The molecule has 2 unspecified atom stereocenters. The molecular formula is C16H26N2O2S. The molecular weight excluding hydrogens is 284 g/mol. The SMILES string of the molecule is COCC1CCCN(c2nc3c(s2)C(O)CC(C)(C)C3)C1. The Balaban J connectivity index is 1.78. The molecule has 1 fully saturated rings. The summed E-state index contributed by atoms with van der Waals surface area (Å²) < 4.78 is 5.31. The van der Waals surface area contributed by atoms with Crippen molar-refractivity contribution in [2.45, 2.75) is 45.6 Å². The van der Waals surface area contributed by atoms with Gasteiger partial charge in [-0.2, -0.15) is 0 Å². The van der Waals surface area contributed by atoms with Crippen molar-refractivity contribution < 1.29 is 9.84 Å². The summed E-state index contributed by atoms with van der Waals surface area (Å²) in [4.78, 5) is 8.34. The van der Waals surface area contributed by atoms with Gasteiger partial charge in [-0.15, -0.1) is 0 Å². The maximum absolute atomic E-state index is 10.4. The van der Waals surface area contributed by atoms with Gasteiger partial charge in [0.2, 0.25) is 0 Å². The van der Waals surface area contributed by atoms with E-state index in [1.807, 2.05) is 0 Å². The molecule has 118 valence electrons. The second-order valence-corrected chi connectivity index (χ2v) is 8.29. The van der Waals surface area contributed by atoms with E-state index in [1.54, 1.807) is 18.4 Å². The number of thiazole rings is 1. The van der Waals surface area contributed by atoms with Gasteiger partial charge in [-0.1, -0.05) is 25.2 Å². The van der Waals surface area contributed by atoms with Crippen LogP contribution in [0, 0.1) is 11.3 Å². The lowest BCUT2D eigenvalue weighted by Crippen LogP contribution is -2.37. The summed E-state index contributed by atoms with van der Waals surface area (Å²) in [6.07, 6.45) is 3.92. The van der Waals surface area contributed by atoms with Crippen LogP contribution < -0.4 is 4.90 Å². The first-order chi connectivity index (χ1) is 9.98. The second kappa shape index (κ2) is 5.86. The third kappa shape index (κ3) is 3.25. The van der Waals surface area contributed by atoms with Crippen molar-refractivity contribution in [1.82, 2.24) is 4.98 Å². The smallest absolute Gasteiger partial charge is 0.185 e. The van der Waals surface area contributed by atoms with E-state index in [4.69, 9.17) is 9.72 Å². The molecule has 1 aromatic rings. The van der Waals surface area contributed by atoms with Crippen molar-refractivity contribution in [3.05, 3.63) is 10.6 Å². The lowest BCUT2D eigenvalue weighted by molar-refractivity contribution is 0.102. The number of aliphatic hydroxyl groups is 1. The topological polar surface area (TPSA) is 45.6 Å². The van der Waals surface area contributed by atoms with Gasteiger partial charge in [0.1, 0.15) is 0 Å². The molecule has 21 heavy (non-hydrogen) atoms. The molecule has 0 amide bonds. The van der Waals surface area contributed by atoms with Gasteiger partial charge in [-0.05, 0) is 37.0 Å². The van der Waals surface area contributed by atoms with Gasteiger partial charge < -0.3 is 14.7 Å². The predicted octanol–water partition coefficient (Wildman–Crippen LogP) is 3.01. The minimum absolute atomic E-state index is 0.151. The standard InChI is InChI=1S/C16H26N2O2S/c1-16(2)7-12-14(13(19)8-16)21-15(17-12)18-6-4-5-11(9-18)10-20-3/h11,13,19H,4-10H2,1-3H3. The van der Waals surface area contributed by atoms with Gasteiger partial charge in [0.15, 0.2) is 5.13 Å². The van der Waals surface area contributed by atoms with Crippen LogP contribution in [0.4, 0.5) is 5.13 Å². The van der Waals surface area contributed by atoms with Crippen LogP contribution in [0.15, 0.2) is 0 Å². The molecule has 1 saturated heterocycles. The van der Waals surface area contributed by atoms with Gasteiger partial charge in [0.05, 0.1) is 23.3 Å². The number of fused-ring (bicyclic) bond motifs is 1. The van der Waals surface area contributed by atoms with E-state index in [1.165, 1.54) is 12.8 Å². The molecule has 3 rings (SSSR count). The summed E-state index contributed by atoms with van der Waals surface area (Å²) in [7, 11) is 1.78. The molecule has 1 N–H and O–H groups in total. The minimum Gasteiger partial charge on any atom is -0.387 e. The third-order valence-electron chi connectivity index (χ3n) is 4.60. The number of ether oxygens (including phenoxy) is 1. The second-order valence-electron chi connectivity index (χ2n) is 7.28. The molecule has 0 spiro atoms. The van der Waals surface area contributed by atoms with Crippen LogP contribution >= 0.6 is 11.3 Å². The number of hydrogen-bond donors (Lipinski definition) is 1. The van der Waals surface area contributed by atoms with Gasteiger partial charge in [0.25, 0.3) is 0 Å². The first-order valence-electron chi connectivity index (χ1n) is 7.90. The summed E-state index contributed by atoms with van der Waals surface area (Å²) in [6, 6.07) is 0. The molecule has 0 bridgehead atoms. The Labute approximate surface area is 131 Å². The average molecular weight is 310 g/mol. The van der Waals surface area contributed by atoms with Crippen LogP contribution in [0.5, 0.6) is 0 Å². The van der Waals surface area contributed by atoms with Crippen LogP contribution in [0.1, 0.15) is 49.8 Å². The number of aromatic nitrogens is 1. The first-order valence-corrected chi connectivity index (χ1v) is 8.72. The Morgan fingerprint density at radius 2 is 2.29 bits per heavy atom. The normalized spacial score (nSPS) is 28.5. The van der Waals surface area contributed by atoms with Crippen LogP contribution in [-0.2, 0) is 11.2 Å². The van der Waals surface area contributed by atoms with Gasteiger partial charge in [-0.25, -0.2) is 4.98 Å². The highest BCUT2D eigenvalue weighted by atomic mass is 32.1. The molecule has 4 nitrogen and oxygen atoms in total. The number of piperidine rings is 1. The van der Waals surface area contributed by atoms with Crippen molar-refractivity contribution >= 4 is 16.5 Å². The number of anilines is 1. The largest absolute Gasteiger partial charge is 0.387 e. The molecule has 5 heteroatoms.